The first kappa shape index (κ1) is 44.1. The van der Waals surface area contributed by atoms with Gasteiger partial charge in [0.05, 0.1) is 13.2 Å². The smallest absolute Gasteiger partial charge is 0.407 e. The highest BCUT2D eigenvalue weighted by atomic mass is 31.2. The summed E-state index contributed by atoms with van der Waals surface area (Å²) >= 11 is 0. The Morgan fingerprint density at radius 3 is 1.80 bits per heavy atom. The Hall–Kier alpha value is -3.04. The van der Waals surface area contributed by atoms with Crippen molar-refractivity contribution in [3.63, 3.8) is 0 Å². The number of benzene rings is 2. The zero-order valence-electron chi connectivity index (χ0n) is 31.7. The second-order valence-electron chi connectivity index (χ2n) is 13.3. The number of nitrogens with zero attached hydrogens (tertiary/aromatic N) is 1. The van der Waals surface area contributed by atoms with E-state index in [9.17, 15) is 14.4 Å². The van der Waals surface area contributed by atoms with Gasteiger partial charge >= 0.3 is 18.0 Å². The molecule has 0 aliphatic rings. The molecule has 1 N–H and O–H groups in total. The summed E-state index contributed by atoms with van der Waals surface area (Å²) in [6.45, 7) is 11.7. The predicted molar refractivity (Wildman–Crippen MR) is 203 cm³/mol. The number of alkyl carbamates (subject to hydrolysis) is 1. The van der Waals surface area contributed by atoms with Gasteiger partial charge in [0.2, 0.25) is 0 Å². The maximum absolute atomic E-state index is 12.8. The topological polar surface area (TPSA) is 113 Å². The van der Waals surface area contributed by atoms with Gasteiger partial charge in [-0.15, -0.1) is 0 Å². The lowest BCUT2D eigenvalue weighted by atomic mass is 10.1. The van der Waals surface area contributed by atoms with E-state index < -0.39 is 20.7 Å². The third kappa shape index (κ3) is 21.2. The van der Waals surface area contributed by atoms with E-state index in [1.54, 1.807) is 0 Å². The van der Waals surface area contributed by atoms with Crippen molar-refractivity contribution in [1.29, 1.82) is 0 Å². The van der Waals surface area contributed by atoms with Gasteiger partial charge in [0, 0.05) is 31.5 Å². The first-order valence-electron chi connectivity index (χ1n) is 18.9. The fourth-order valence-corrected chi connectivity index (χ4v) is 7.02. The van der Waals surface area contributed by atoms with Crippen LogP contribution in [0.4, 0.5) is 4.79 Å². The molecule has 0 aliphatic heterocycles. The molecule has 51 heavy (non-hydrogen) atoms. The van der Waals surface area contributed by atoms with Crippen LogP contribution in [0.15, 0.2) is 60.7 Å². The van der Waals surface area contributed by atoms with Gasteiger partial charge in [-0.05, 0) is 58.1 Å². The van der Waals surface area contributed by atoms with Crippen LogP contribution in [0.3, 0.4) is 0 Å². The van der Waals surface area contributed by atoms with Crippen molar-refractivity contribution >= 4 is 26.6 Å². The standard InChI is InChI=1S/C40H63N2O8P/c1-6-7-8-10-20-27-39(44)50-37(32-49-51(42(33(2)3)34(4)5)48-30-36-24-17-14-18-25-36)31-46-38(43)26-19-11-9-12-21-28-41-40(45)47-29-35-22-15-13-16-23-35/h13-18,22-25,33-34,37H,6-12,19-21,26-32H2,1-5H3,(H,41,45)/t37-,51?/m1/s1. The first-order valence-corrected chi connectivity index (χ1v) is 20.0. The van der Waals surface area contributed by atoms with Gasteiger partial charge in [-0.1, -0.05) is 113 Å². The average molecular weight is 731 g/mol. The van der Waals surface area contributed by atoms with E-state index in [1.165, 1.54) is 0 Å². The lowest BCUT2D eigenvalue weighted by Gasteiger charge is -2.36. The molecule has 0 spiro atoms. The predicted octanol–water partition coefficient (Wildman–Crippen LogP) is 9.65. The van der Waals surface area contributed by atoms with E-state index in [4.69, 9.17) is 23.3 Å². The SMILES string of the molecule is CCCCCCCC(=O)O[C@H](COC(=O)CCCCCCCNC(=O)OCc1ccccc1)COP(OCc1ccccc1)N(C(C)C)C(C)C. The van der Waals surface area contributed by atoms with Gasteiger partial charge in [0.1, 0.15) is 13.2 Å². The number of carbonyl (C=O) groups excluding carboxylic acids is 3. The molecule has 0 bridgehead atoms. The minimum absolute atomic E-state index is 0.0547. The van der Waals surface area contributed by atoms with Crippen molar-refractivity contribution in [1.82, 2.24) is 9.99 Å². The molecule has 10 nitrogen and oxygen atoms in total. The Morgan fingerprint density at radius 2 is 1.20 bits per heavy atom. The summed E-state index contributed by atoms with van der Waals surface area (Å²) in [5.41, 5.74) is 1.99. The summed E-state index contributed by atoms with van der Waals surface area (Å²) in [5, 5.41) is 2.78. The third-order valence-corrected chi connectivity index (χ3v) is 10.1. The van der Waals surface area contributed by atoms with Crippen molar-refractivity contribution in [3.8, 4) is 0 Å². The van der Waals surface area contributed by atoms with E-state index >= 15 is 0 Å². The van der Waals surface area contributed by atoms with Crippen molar-refractivity contribution in [2.75, 3.05) is 19.8 Å². The van der Waals surface area contributed by atoms with E-state index in [2.05, 4.69) is 44.6 Å². The minimum atomic E-state index is -1.49. The van der Waals surface area contributed by atoms with Crippen LogP contribution in [-0.2, 0) is 46.1 Å². The van der Waals surface area contributed by atoms with Gasteiger partial charge in [0.25, 0.3) is 8.53 Å². The number of hydrogen-bond donors (Lipinski definition) is 1. The highest BCUT2D eigenvalue weighted by Gasteiger charge is 2.29. The maximum Gasteiger partial charge on any atom is 0.407 e. The molecule has 1 unspecified atom stereocenters. The molecule has 2 aromatic rings. The molecule has 2 rings (SSSR count). The lowest BCUT2D eigenvalue weighted by Crippen LogP contribution is -2.35. The highest BCUT2D eigenvalue weighted by molar-refractivity contribution is 7.44. The maximum atomic E-state index is 12.8. The van der Waals surface area contributed by atoms with Crippen LogP contribution in [0, 0.1) is 0 Å². The number of hydrogen-bond acceptors (Lipinski definition) is 9. The van der Waals surface area contributed by atoms with Crippen molar-refractivity contribution < 1.29 is 37.6 Å². The van der Waals surface area contributed by atoms with Crippen LogP contribution in [-0.4, -0.2) is 60.6 Å². The molecule has 11 heteroatoms. The molecule has 0 radical (unpaired) electrons. The molecule has 0 heterocycles. The Balaban J connectivity index is 1.79. The van der Waals surface area contributed by atoms with Gasteiger partial charge in [0.15, 0.2) is 6.10 Å². The summed E-state index contributed by atoms with van der Waals surface area (Å²) in [5.74, 6) is -0.638. The van der Waals surface area contributed by atoms with Gasteiger partial charge < -0.3 is 28.6 Å². The van der Waals surface area contributed by atoms with Gasteiger partial charge in [-0.25, -0.2) is 9.46 Å². The minimum Gasteiger partial charge on any atom is -0.462 e. The van der Waals surface area contributed by atoms with E-state index in [1.807, 2.05) is 60.7 Å². The summed E-state index contributed by atoms with van der Waals surface area (Å²) in [6.07, 6.45) is 8.84. The molecule has 0 saturated carbocycles. The summed E-state index contributed by atoms with van der Waals surface area (Å²) in [7, 11) is -1.49. The van der Waals surface area contributed by atoms with Crippen molar-refractivity contribution in [2.45, 2.75) is 143 Å². The van der Waals surface area contributed by atoms with Crippen molar-refractivity contribution in [3.05, 3.63) is 71.8 Å². The zero-order valence-corrected chi connectivity index (χ0v) is 32.6. The van der Waals surface area contributed by atoms with Crippen LogP contribution in [0.1, 0.15) is 123 Å². The van der Waals surface area contributed by atoms with Crippen LogP contribution >= 0.6 is 8.53 Å². The van der Waals surface area contributed by atoms with Crippen LogP contribution in [0.2, 0.25) is 0 Å². The molecule has 0 saturated heterocycles. The van der Waals surface area contributed by atoms with Crippen molar-refractivity contribution in [2.24, 2.45) is 0 Å². The number of esters is 2. The second-order valence-corrected chi connectivity index (χ2v) is 14.8. The average Bonchev–Trinajstić information content (AvgIpc) is 3.12. The molecule has 0 fully saturated rings. The summed E-state index contributed by atoms with van der Waals surface area (Å²) in [6, 6.07) is 19.8. The quantitative estimate of drug-likeness (QED) is 0.0396. The number of ether oxygens (including phenoxy) is 3. The lowest BCUT2D eigenvalue weighted by molar-refractivity contribution is -0.161. The molecular weight excluding hydrogens is 667 g/mol. The molecule has 1 amide bonds. The van der Waals surface area contributed by atoms with Crippen LogP contribution in [0.5, 0.6) is 0 Å². The van der Waals surface area contributed by atoms with E-state index in [0.717, 1.165) is 68.9 Å². The summed E-state index contributed by atoms with van der Waals surface area (Å²) in [4.78, 5) is 37.4. The monoisotopic (exact) mass is 730 g/mol. The second kappa shape index (κ2) is 27.6. The van der Waals surface area contributed by atoms with Gasteiger partial charge in [-0.3, -0.25) is 9.59 Å². The molecular formula is C40H63N2O8P. The normalized spacial score (nSPS) is 12.5. The number of carbonyl (C=O) groups is 3. The highest BCUT2D eigenvalue weighted by Crippen LogP contribution is 2.46. The largest absolute Gasteiger partial charge is 0.462 e. The zero-order chi connectivity index (χ0) is 37.1. The first-order chi connectivity index (χ1) is 24.7. The Bertz CT molecular complexity index is 1190. The molecule has 2 aromatic carbocycles. The fraction of sp³-hybridized carbons (Fsp3) is 0.625. The Morgan fingerprint density at radius 1 is 0.647 bits per heavy atom. The molecule has 0 aromatic heterocycles. The Labute approximate surface area is 308 Å². The number of nitrogens with one attached hydrogen (secondary N) is 1. The Kier molecular flexibility index (Phi) is 23.9. The molecule has 286 valence electrons. The van der Waals surface area contributed by atoms with Crippen LogP contribution in [0.25, 0.3) is 0 Å². The molecule has 0 aliphatic carbocycles. The van der Waals surface area contributed by atoms with E-state index in [-0.39, 0.29) is 50.3 Å². The molecule has 2 atom stereocenters. The third-order valence-electron chi connectivity index (χ3n) is 8.05. The number of unbranched alkanes of at least 4 members (excludes halogenated alkanes) is 8. The number of rotatable bonds is 28. The van der Waals surface area contributed by atoms with Crippen LogP contribution < -0.4 is 5.32 Å². The fourth-order valence-electron chi connectivity index (χ4n) is 5.38. The number of amides is 1. The summed E-state index contributed by atoms with van der Waals surface area (Å²) < 4.78 is 31.5. The van der Waals surface area contributed by atoms with E-state index in [0.29, 0.717) is 26.0 Å². The van der Waals surface area contributed by atoms with Gasteiger partial charge in [-0.2, -0.15) is 0 Å².